The Labute approximate surface area is 155 Å². The number of carbonyl (C=O) groups is 1. The maximum absolute atomic E-state index is 12.1. The summed E-state index contributed by atoms with van der Waals surface area (Å²) in [5.74, 6) is 1.97. The number of ether oxygens (including phenoxy) is 1. The molecule has 1 amide bonds. The van der Waals surface area contributed by atoms with E-state index in [0.717, 1.165) is 37.5 Å². The van der Waals surface area contributed by atoms with Gasteiger partial charge in [0.15, 0.2) is 0 Å². The van der Waals surface area contributed by atoms with Crippen molar-refractivity contribution in [3.63, 3.8) is 0 Å². The molecule has 6 heteroatoms. The van der Waals surface area contributed by atoms with Crippen molar-refractivity contribution in [3.05, 3.63) is 0 Å². The van der Waals surface area contributed by atoms with E-state index in [1.165, 1.54) is 32.1 Å². The largest absolute Gasteiger partial charge is 0.355 e. The molecule has 5 saturated carbocycles. The maximum atomic E-state index is 12.1. The molecular weight excluding hydrogens is 332 g/mol. The lowest BCUT2D eigenvalue weighted by Crippen LogP contribution is -2.59. The highest BCUT2D eigenvalue weighted by Gasteiger charge is 2.66. The minimum absolute atomic E-state index is 0.0840. The van der Waals surface area contributed by atoms with Gasteiger partial charge in [-0.3, -0.25) is 4.79 Å². The van der Waals surface area contributed by atoms with Crippen LogP contribution in [0.25, 0.3) is 0 Å². The third-order valence-corrected chi connectivity index (χ3v) is 7.66. The lowest BCUT2D eigenvalue weighted by atomic mass is 9.53. The molecule has 26 heavy (non-hydrogen) atoms. The first kappa shape index (κ1) is 17.4. The van der Waals surface area contributed by atoms with E-state index in [1.54, 1.807) is 0 Å². The number of carbonyl (C=O) groups excluding carboxylic acids is 1. The molecule has 1 heterocycles. The fourth-order valence-corrected chi connectivity index (χ4v) is 6.80. The topological polar surface area (TPSA) is 82.8 Å². The Bertz CT molecular complexity index is 540. The molecule has 4 bridgehead atoms. The third kappa shape index (κ3) is 2.81. The molecule has 0 radical (unpaired) electrons. The summed E-state index contributed by atoms with van der Waals surface area (Å²) < 4.78 is 6.75. The summed E-state index contributed by atoms with van der Waals surface area (Å²) in [6.45, 7) is 1.02. The normalized spacial score (nSPS) is 49.2. The van der Waals surface area contributed by atoms with Crippen molar-refractivity contribution < 1.29 is 19.3 Å². The molecule has 0 aromatic heterocycles. The average Bonchev–Trinajstić information content (AvgIpc) is 2.97. The molecule has 6 aliphatic rings. The first-order valence-corrected chi connectivity index (χ1v) is 10.6. The predicted molar refractivity (Wildman–Crippen MR) is 94.4 cm³/mol. The molecule has 1 aliphatic heterocycles. The fraction of sp³-hybridized carbons (Fsp3) is 0.950. The fourth-order valence-electron chi connectivity index (χ4n) is 6.80. The van der Waals surface area contributed by atoms with Gasteiger partial charge >= 0.3 is 0 Å². The Hall–Kier alpha value is -0.690. The van der Waals surface area contributed by atoms with E-state index in [-0.39, 0.29) is 11.8 Å². The van der Waals surface area contributed by atoms with Crippen molar-refractivity contribution in [1.82, 2.24) is 5.32 Å². The summed E-state index contributed by atoms with van der Waals surface area (Å²) in [5, 5.41) is 2.88. The highest BCUT2D eigenvalue weighted by molar-refractivity contribution is 5.76. The van der Waals surface area contributed by atoms with Gasteiger partial charge in [0.05, 0.1) is 0 Å². The van der Waals surface area contributed by atoms with Crippen LogP contribution in [0.4, 0.5) is 0 Å². The second-order valence-corrected chi connectivity index (χ2v) is 9.51. The van der Waals surface area contributed by atoms with Crippen molar-refractivity contribution in [2.24, 2.45) is 35.3 Å². The zero-order chi connectivity index (χ0) is 17.8. The first-order valence-electron chi connectivity index (χ1n) is 10.6. The zero-order valence-electron chi connectivity index (χ0n) is 15.6. The molecule has 6 fully saturated rings. The van der Waals surface area contributed by atoms with Crippen LogP contribution in [0.15, 0.2) is 0 Å². The molecule has 0 aromatic rings. The summed E-state index contributed by atoms with van der Waals surface area (Å²) in [5.41, 5.74) is 5.47. The zero-order valence-corrected chi connectivity index (χ0v) is 15.6. The maximum Gasteiger partial charge on any atom is 0.220 e. The molecule has 2 spiro atoms. The van der Waals surface area contributed by atoms with Gasteiger partial charge < -0.3 is 15.8 Å². The summed E-state index contributed by atoms with van der Waals surface area (Å²) in [4.78, 5) is 24.2. The van der Waals surface area contributed by atoms with E-state index in [4.69, 9.17) is 20.2 Å². The van der Waals surface area contributed by atoms with E-state index < -0.39 is 11.6 Å². The Morgan fingerprint density at radius 1 is 1.08 bits per heavy atom. The van der Waals surface area contributed by atoms with Crippen LogP contribution in [-0.4, -0.2) is 30.6 Å². The van der Waals surface area contributed by atoms with Gasteiger partial charge in [-0.05, 0) is 62.7 Å². The molecule has 5 aliphatic carbocycles. The van der Waals surface area contributed by atoms with Crippen LogP contribution in [0.5, 0.6) is 0 Å². The van der Waals surface area contributed by atoms with Crippen LogP contribution in [0, 0.1) is 29.6 Å². The Balaban J connectivity index is 1.27. The number of hydrogen-bond acceptors (Lipinski definition) is 5. The molecule has 1 saturated heterocycles. The van der Waals surface area contributed by atoms with Gasteiger partial charge in [-0.25, -0.2) is 0 Å². The van der Waals surface area contributed by atoms with Crippen molar-refractivity contribution in [1.29, 1.82) is 0 Å². The molecule has 3 N–H and O–H groups in total. The third-order valence-electron chi connectivity index (χ3n) is 7.66. The van der Waals surface area contributed by atoms with Crippen LogP contribution in [-0.2, 0) is 19.3 Å². The standard InChI is InChI=1S/C20H32N2O4/c21-4-5-22-18(23)11-13-2-1-3-19(12-13)24-20(26-25-19)16-7-14-6-15(9-16)10-17(20)8-14/h13-17H,1-12,21H2,(H,22,23)/t13?,14?,15?,16?,17?,19-,20?/m1/s1. The number of hydrogen-bond donors (Lipinski definition) is 2. The Morgan fingerprint density at radius 3 is 2.50 bits per heavy atom. The second kappa shape index (κ2) is 6.43. The highest BCUT2D eigenvalue weighted by atomic mass is 17.3. The van der Waals surface area contributed by atoms with E-state index in [1.807, 2.05) is 0 Å². The Morgan fingerprint density at radius 2 is 1.81 bits per heavy atom. The van der Waals surface area contributed by atoms with Crippen molar-refractivity contribution >= 4 is 5.91 Å². The van der Waals surface area contributed by atoms with E-state index in [0.29, 0.717) is 31.3 Å². The summed E-state index contributed by atoms with van der Waals surface area (Å²) in [6.07, 6.45) is 10.6. The van der Waals surface area contributed by atoms with Crippen LogP contribution in [0.1, 0.15) is 64.2 Å². The van der Waals surface area contributed by atoms with E-state index >= 15 is 0 Å². The van der Waals surface area contributed by atoms with Gasteiger partial charge in [0, 0.05) is 44.2 Å². The predicted octanol–water partition coefficient (Wildman–Crippen LogP) is 2.47. The summed E-state index contributed by atoms with van der Waals surface area (Å²) in [6, 6.07) is 0. The molecular formula is C20H32N2O4. The lowest BCUT2D eigenvalue weighted by Gasteiger charge is -2.57. The number of nitrogens with one attached hydrogen (secondary N) is 1. The SMILES string of the molecule is NCCNC(=O)CC1CCC[C@]2(C1)OOC1(O2)C2CC3CC(C2)CC1C3. The quantitative estimate of drug-likeness (QED) is 0.749. The van der Waals surface area contributed by atoms with E-state index in [9.17, 15) is 4.79 Å². The molecule has 2 atom stereocenters. The monoisotopic (exact) mass is 364 g/mol. The van der Waals surface area contributed by atoms with Crippen molar-refractivity contribution in [3.8, 4) is 0 Å². The Kier molecular flexibility index (Phi) is 4.31. The first-order chi connectivity index (χ1) is 12.6. The lowest BCUT2D eigenvalue weighted by molar-refractivity contribution is -0.390. The van der Waals surface area contributed by atoms with Crippen LogP contribution < -0.4 is 11.1 Å². The van der Waals surface area contributed by atoms with E-state index in [2.05, 4.69) is 5.32 Å². The molecule has 6 nitrogen and oxygen atoms in total. The smallest absolute Gasteiger partial charge is 0.220 e. The molecule has 0 aromatic carbocycles. The van der Waals surface area contributed by atoms with Gasteiger partial charge in [-0.1, -0.05) is 0 Å². The summed E-state index contributed by atoms with van der Waals surface area (Å²) in [7, 11) is 0. The van der Waals surface area contributed by atoms with Crippen molar-refractivity contribution in [2.45, 2.75) is 75.8 Å². The minimum Gasteiger partial charge on any atom is -0.355 e. The van der Waals surface area contributed by atoms with Gasteiger partial charge in [0.1, 0.15) is 0 Å². The number of amides is 1. The molecule has 1 unspecified atom stereocenters. The highest BCUT2D eigenvalue weighted by Crippen LogP contribution is 2.64. The van der Waals surface area contributed by atoms with Gasteiger partial charge in [-0.15, -0.1) is 0 Å². The summed E-state index contributed by atoms with van der Waals surface area (Å²) >= 11 is 0. The number of rotatable bonds is 4. The van der Waals surface area contributed by atoms with Gasteiger partial charge in [-0.2, -0.15) is 9.78 Å². The van der Waals surface area contributed by atoms with Crippen LogP contribution in [0.3, 0.4) is 0 Å². The molecule has 6 rings (SSSR count). The second-order valence-electron chi connectivity index (χ2n) is 9.51. The van der Waals surface area contributed by atoms with Gasteiger partial charge in [0.2, 0.25) is 17.5 Å². The van der Waals surface area contributed by atoms with Crippen LogP contribution in [0.2, 0.25) is 0 Å². The number of nitrogens with two attached hydrogens (primary N) is 1. The van der Waals surface area contributed by atoms with Crippen molar-refractivity contribution in [2.75, 3.05) is 13.1 Å². The van der Waals surface area contributed by atoms with Gasteiger partial charge in [0.25, 0.3) is 0 Å². The minimum atomic E-state index is -0.633. The van der Waals surface area contributed by atoms with Crippen LogP contribution >= 0.6 is 0 Å². The average molecular weight is 364 g/mol. The molecule has 146 valence electrons.